The van der Waals surface area contributed by atoms with Crippen LogP contribution in [0.3, 0.4) is 0 Å². The lowest BCUT2D eigenvalue weighted by molar-refractivity contribution is 0.300. The first kappa shape index (κ1) is 17.7. The van der Waals surface area contributed by atoms with E-state index in [1.807, 2.05) is 0 Å². The van der Waals surface area contributed by atoms with Crippen LogP contribution in [0.2, 0.25) is 0 Å². The zero-order chi connectivity index (χ0) is 18.5. The van der Waals surface area contributed by atoms with Crippen molar-refractivity contribution >= 4 is 0 Å². The molecule has 1 aliphatic heterocycles. The van der Waals surface area contributed by atoms with E-state index >= 15 is 0 Å². The number of nitrogens with zero attached hydrogens (tertiary/aromatic N) is 2. The summed E-state index contributed by atoms with van der Waals surface area (Å²) in [4.78, 5) is 2.51. The minimum absolute atomic E-state index is 0.260. The quantitative estimate of drug-likeness (QED) is 0.684. The van der Waals surface area contributed by atoms with Crippen LogP contribution in [0, 0.1) is 5.82 Å². The standard InChI is InChI=1S/C22H24FN3O/c23-19-6-8-21(9-7-19)27-16-20-14-22(25-24-20)18-11-13-26(15-18)12-10-17-4-2-1-3-5-17/h1-9,14,18H,10-13,15-16H2,(H,24,25)/t18-/m1/s1. The molecular weight excluding hydrogens is 341 g/mol. The fourth-order valence-electron chi connectivity index (χ4n) is 3.56. The Morgan fingerprint density at radius 3 is 2.74 bits per heavy atom. The van der Waals surface area contributed by atoms with Crippen molar-refractivity contribution in [2.45, 2.75) is 25.4 Å². The lowest BCUT2D eigenvalue weighted by atomic mass is 10.1. The van der Waals surface area contributed by atoms with Crippen LogP contribution in [0.4, 0.5) is 4.39 Å². The highest BCUT2D eigenvalue weighted by Crippen LogP contribution is 2.26. The van der Waals surface area contributed by atoms with Gasteiger partial charge in [-0.15, -0.1) is 0 Å². The molecule has 5 heteroatoms. The molecule has 27 heavy (non-hydrogen) atoms. The summed E-state index contributed by atoms with van der Waals surface area (Å²) in [5.41, 5.74) is 3.44. The van der Waals surface area contributed by atoms with Gasteiger partial charge in [-0.3, -0.25) is 5.10 Å². The summed E-state index contributed by atoms with van der Waals surface area (Å²) >= 11 is 0. The number of likely N-dealkylation sites (tertiary alicyclic amines) is 1. The summed E-state index contributed by atoms with van der Waals surface area (Å²) in [6, 6.07) is 18.8. The maximum absolute atomic E-state index is 12.9. The second kappa shape index (κ2) is 8.35. The number of H-pyrrole nitrogens is 1. The molecule has 1 N–H and O–H groups in total. The molecule has 0 unspecified atom stereocenters. The molecule has 0 bridgehead atoms. The maximum atomic E-state index is 12.9. The van der Waals surface area contributed by atoms with E-state index in [-0.39, 0.29) is 5.82 Å². The van der Waals surface area contributed by atoms with E-state index in [1.54, 1.807) is 12.1 Å². The topological polar surface area (TPSA) is 41.1 Å². The first-order chi connectivity index (χ1) is 13.3. The Bertz CT molecular complexity index is 848. The Morgan fingerprint density at radius 1 is 1.11 bits per heavy atom. The molecule has 0 spiro atoms. The van der Waals surface area contributed by atoms with Crippen LogP contribution >= 0.6 is 0 Å². The predicted molar refractivity (Wildman–Crippen MR) is 103 cm³/mol. The summed E-state index contributed by atoms with van der Waals surface area (Å²) in [5, 5.41) is 7.56. The lowest BCUT2D eigenvalue weighted by Gasteiger charge is -2.15. The third-order valence-electron chi connectivity index (χ3n) is 5.11. The molecule has 1 atom stereocenters. The Balaban J connectivity index is 1.26. The van der Waals surface area contributed by atoms with Crippen molar-refractivity contribution in [3.8, 4) is 5.75 Å². The molecule has 140 valence electrons. The summed E-state index contributed by atoms with van der Waals surface area (Å²) in [7, 11) is 0. The largest absolute Gasteiger partial charge is 0.487 e. The average molecular weight is 365 g/mol. The van der Waals surface area contributed by atoms with Crippen molar-refractivity contribution in [1.29, 1.82) is 0 Å². The van der Waals surface area contributed by atoms with Crippen LogP contribution in [0.5, 0.6) is 5.75 Å². The Labute approximate surface area is 159 Å². The van der Waals surface area contributed by atoms with Crippen LogP contribution < -0.4 is 4.74 Å². The highest BCUT2D eigenvalue weighted by Gasteiger charge is 2.25. The second-order valence-electron chi connectivity index (χ2n) is 7.08. The zero-order valence-electron chi connectivity index (χ0n) is 15.3. The van der Waals surface area contributed by atoms with Crippen LogP contribution in [-0.2, 0) is 13.0 Å². The van der Waals surface area contributed by atoms with Gasteiger partial charge in [0.05, 0.1) is 11.4 Å². The molecule has 2 aromatic carbocycles. The van der Waals surface area contributed by atoms with Gasteiger partial charge in [-0.25, -0.2) is 4.39 Å². The smallest absolute Gasteiger partial charge is 0.130 e. The van der Waals surface area contributed by atoms with Gasteiger partial charge in [-0.05, 0) is 55.3 Å². The molecule has 1 fully saturated rings. The third kappa shape index (κ3) is 4.74. The van der Waals surface area contributed by atoms with E-state index in [2.05, 4.69) is 51.5 Å². The number of aromatic amines is 1. The number of hydrogen-bond donors (Lipinski definition) is 1. The summed E-state index contributed by atoms with van der Waals surface area (Å²) in [6.45, 7) is 3.66. The summed E-state index contributed by atoms with van der Waals surface area (Å²) in [6.07, 6.45) is 2.22. The van der Waals surface area contributed by atoms with Gasteiger partial charge >= 0.3 is 0 Å². The van der Waals surface area contributed by atoms with E-state index in [1.165, 1.54) is 17.7 Å². The fourth-order valence-corrected chi connectivity index (χ4v) is 3.56. The van der Waals surface area contributed by atoms with Crippen LogP contribution in [-0.4, -0.2) is 34.7 Å². The van der Waals surface area contributed by atoms with Crippen molar-refractivity contribution in [3.05, 3.63) is 83.4 Å². The summed E-state index contributed by atoms with van der Waals surface area (Å²) < 4.78 is 18.6. The Morgan fingerprint density at radius 2 is 1.93 bits per heavy atom. The highest BCUT2D eigenvalue weighted by atomic mass is 19.1. The molecule has 3 aromatic rings. The number of rotatable bonds is 7. The average Bonchev–Trinajstić information content (AvgIpc) is 3.36. The number of ether oxygens (including phenoxy) is 1. The van der Waals surface area contributed by atoms with Crippen molar-refractivity contribution in [2.24, 2.45) is 0 Å². The lowest BCUT2D eigenvalue weighted by Crippen LogP contribution is -2.23. The van der Waals surface area contributed by atoms with Gasteiger partial charge in [0.25, 0.3) is 0 Å². The SMILES string of the molecule is Fc1ccc(OCc2cc([C@@H]3CCN(CCc4ccccc4)C3)n[nH]2)cc1. The monoisotopic (exact) mass is 365 g/mol. The molecule has 1 saturated heterocycles. The minimum atomic E-state index is -0.260. The summed E-state index contributed by atoms with van der Waals surface area (Å²) in [5.74, 6) is 0.862. The first-order valence-electron chi connectivity index (χ1n) is 9.45. The third-order valence-corrected chi connectivity index (χ3v) is 5.11. The molecule has 0 saturated carbocycles. The van der Waals surface area contributed by atoms with Gasteiger partial charge in [-0.1, -0.05) is 30.3 Å². The predicted octanol–water partition coefficient (Wildman–Crippen LogP) is 4.16. The van der Waals surface area contributed by atoms with Gasteiger partial charge < -0.3 is 9.64 Å². The van der Waals surface area contributed by atoms with Crippen molar-refractivity contribution in [3.63, 3.8) is 0 Å². The van der Waals surface area contributed by atoms with Gasteiger partial charge in [0.15, 0.2) is 0 Å². The molecule has 2 heterocycles. The van der Waals surface area contributed by atoms with Crippen molar-refractivity contribution in [2.75, 3.05) is 19.6 Å². The Kier molecular flexibility index (Phi) is 5.49. The van der Waals surface area contributed by atoms with Crippen LogP contribution in [0.15, 0.2) is 60.7 Å². The molecule has 0 radical (unpaired) electrons. The number of benzene rings is 2. The van der Waals surface area contributed by atoms with Crippen molar-refractivity contribution < 1.29 is 9.13 Å². The molecule has 0 amide bonds. The first-order valence-corrected chi connectivity index (χ1v) is 9.45. The molecule has 1 aromatic heterocycles. The van der Waals surface area contributed by atoms with Gasteiger partial charge in [0, 0.05) is 19.0 Å². The second-order valence-corrected chi connectivity index (χ2v) is 7.08. The van der Waals surface area contributed by atoms with Crippen molar-refractivity contribution in [1.82, 2.24) is 15.1 Å². The van der Waals surface area contributed by atoms with Gasteiger partial charge in [0.2, 0.25) is 0 Å². The zero-order valence-corrected chi connectivity index (χ0v) is 15.3. The molecule has 4 nitrogen and oxygen atoms in total. The van der Waals surface area contributed by atoms with Gasteiger partial charge in [0.1, 0.15) is 18.2 Å². The normalized spacial score (nSPS) is 17.3. The van der Waals surface area contributed by atoms with E-state index in [4.69, 9.17) is 4.74 Å². The molecular formula is C22H24FN3O. The minimum Gasteiger partial charge on any atom is -0.487 e. The van der Waals surface area contributed by atoms with E-state index in [9.17, 15) is 4.39 Å². The van der Waals surface area contributed by atoms with E-state index in [0.717, 1.165) is 43.9 Å². The van der Waals surface area contributed by atoms with Crippen LogP contribution in [0.1, 0.15) is 29.3 Å². The Hall–Kier alpha value is -2.66. The molecule has 1 aliphatic rings. The van der Waals surface area contributed by atoms with E-state index in [0.29, 0.717) is 18.3 Å². The molecule has 0 aliphatic carbocycles. The maximum Gasteiger partial charge on any atom is 0.130 e. The van der Waals surface area contributed by atoms with Gasteiger partial charge in [-0.2, -0.15) is 5.10 Å². The number of halogens is 1. The number of hydrogen-bond acceptors (Lipinski definition) is 3. The van der Waals surface area contributed by atoms with E-state index < -0.39 is 0 Å². The molecule has 4 rings (SSSR count). The fraction of sp³-hybridized carbons (Fsp3) is 0.318. The highest BCUT2D eigenvalue weighted by molar-refractivity contribution is 5.23. The number of aromatic nitrogens is 2. The van der Waals surface area contributed by atoms with Crippen LogP contribution in [0.25, 0.3) is 0 Å². The number of nitrogens with one attached hydrogen (secondary N) is 1.